The van der Waals surface area contributed by atoms with Gasteiger partial charge in [-0.25, -0.2) is 0 Å². The zero-order valence-electron chi connectivity index (χ0n) is 9.12. The summed E-state index contributed by atoms with van der Waals surface area (Å²) in [6, 6.07) is 0. The van der Waals surface area contributed by atoms with Crippen LogP contribution in [-0.4, -0.2) is 21.8 Å². The summed E-state index contributed by atoms with van der Waals surface area (Å²) in [5.41, 5.74) is 3.36. The third-order valence-electron chi connectivity index (χ3n) is 2.49. The summed E-state index contributed by atoms with van der Waals surface area (Å²) in [6.07, 6.45) is 0. The van der Waals surface area contributed by atoms with Gasteiger partial charge in [0.25, 0.3) is 0 Å². The summed E-state index contributed by atoms with van der Waals surface area (Å²) < 4.78 is 4.90. The Hall–Kier alpha value is -0.263. The Morgan fingerprint density at radius 1 is 1.25 bits per heavy atom. The van der Waals surface area contributed by atoms with Gasteiger partial charge in [0.15, 0.2) is 0 Å². The Balaban J connectivity index is 4.35. The molecule has 0 unspecified atom stereocenters. The van der Waals surface area contributed by atoms with E-state index >= 15 is 0 Å². The fourth-order valence-electron chi connectivity index (χ4n) is 0.517. The average molecular weight is 184 g/mol. The van der Waals surface area contributed by atoms with Crippen LogP contribution in [0, 0.1) is 11.5 Å². The monoisotopic (exact) mass is 184 g/mol. The van der Waals surface area contributed by atoms with E-state index in [9.17, 15) is 0 Å². The minimum atomic E-state index is -1.38. The third-order valence-corrected chi connectivity index (χ3v) is 7.04. The van der Waals surface area contributed by atoms with E-state index in [1.807, 2.05) is 0 Å². The zero-order valence-corrected chi connectivity index (χ0v) is 10.1. The quantitative estimate of drug-likeness (QED) is 0.450. The van der Waals surface area contributed by atoms with Crippen molar-refractivity contribution in [3.63, 3.8) is 0 Å². The number of rotatable bonds is 1. The molecule has 0 saturated carbocycles. The van der Waals surface area contributed by atoms with Crippen molar-refractivity contribution < 1.29 is 4.74 Å². The lowest BCUT2D eigenvalue weighted by molar-refractivity contribution is 0.240. The van der Waals surface area contributed by atoms with Crippen LogP contribution in [0.2, 0.25) is 18.1 Å². The molecule has 0 heterocycles. The van der Waals surface area contributed by atoms with E-state index < -0.39 is 8.07 Å². The molecule has 0 radical (unpaired) electrons. The van der Waals surface area contributed by atoms with Gasteiger partial charge in [-0.15, -0.1) is 5.54 Å². The molecule has 0 aromatic carbocycles. The molecule has 0 bridgehead atoms. The third kappa shape index (κ3) is 3.42. The largest absolute Gasteiger partial charge is 0.372 e. The Kier molecular flexibility index (Phi) is 4.02. The van der Waals surface area contributed by atoms with E-state index in [0.717, 1.165) is 0 Å². The zero-order chi connectivity index (χ0) is 9.83. The lowest BCUT2D eigenvalue weighted by Crippen LogP contribution is -2.35. The summed E-state index contributed by atoms with van der Waals surface area (Å²) >= 11 is 0. The fraction of sp³-hybridized carbons (Fsp3) is 0.800. The molecule has 1 nitrogen and oxygen atoms in total. The van der Waals surface area contributed by atoms with Gasteiger partial charge in [0, 0.05) is 7.11 Å². The second-order valence-corrected chi connectivity index (χ2v) is 9.61. The molecule has 0 atom stereocenters. The van der Waals surface area contributed by atoms with Crippen LogP contribution >= 0.6 is 0 Å². The van der Waals surface area contributed by atoms with Gasteiger partial charge in [0.1, 0.15) is 14.7 Å². The maximum Gasteiger partial charge on any atom is 0.137 e. The smallest absolute Gasteiger partial charge is 0.137 e. The van der Waals surface area contributed by atoms with Crippen molar-refractivity contribution >= 4 is 8.07 Å². The summed E-state index contributed by atoms with van der Waals surface area (Å²) in [5.74, 6) is 3.07. The molecule has 0 aliphatic rings. The lowest BCUT2D eigenvalue weighted by Gasteiger charge is -2.31. The van der Waals surface area contributed by atoms with E-state index in [0.29, 0.717) is 11.6 Å². The molecule has 2 heteroatoms. The fourth-order valence-corrected chi connectivity index (χ4v) is 1.41. The molecule has 0 spiro atoms. The van der Waals surface area contributed by atoms with Crippen LogP contribution in [0.1, 0.15) is 20.8 Å². The van der Waals surface area contributed by atoms with Gasteiger partial charge in [-0.05, 0) is 5.04 Å². The predicted molar refractivity (Wildman–Crippen MR) is 56.8 cm³/mol. The van der Waals surface area contributed by atoms with Crippen LogP contribution in [0.5, 0.6) is 0 Å². The SMILES string of the molecule is COCC#C[Si](C)(C)C(C)(C)C. The van der Waals surface area contributed by atoms with E-state index in [1.54, 1.807) is 7.11 Å². The highest BCUT2D eigenvalue weighted by atomic mass is 28.3. The van der Waals surface area contributed by atoms with Crippen molar-refractivity contribution in [1.82, 2.24) is 0 Å². The molecule has 0 fully saturated rings. The van der Waals surface area contributed by atoms with Gasteiger partial charge in [-0.2, -0.15) is 0 Å². The second kappa shape index (κ2) is 4.11. The summed E-state index contributed by atoms with van der Waals surface area (Å²) in [5, 5.41) is 0.355. The van der Waals surface area contributed by atoms with Gasteiger partial charge in [0.2, 0.25) is 0 Å². The van der Waals surface area contributed by atoms with Crippen molar-refractivity contribution in [3.8, 4) is 11.5 Å². The van der Waals surface area contributed by atoms with Crippen LogP contribution in [0.15, 0.2) is 0 Å². The summed E-state index contributed by atoms with van der Waals surface area (Å²) in [6.45, 7) is 12.0. The second-order valence-electron chi connectivity index (χ2n) is 4.61. The van der Waals surface area contributed by atoms with Crippen molar-refractivity contribution in [2.24, 2.45) is 0 Å². The molecule has 0 N–H and O–H groups in total. The Morgan fingerprint density at radius 2 is 1.75 bits per heavy atom. The minimum absolute atomic E-state index is 0.355. The van der Waals surface area contributed by atoms with Crippen LogP contribution in [0.25, 0.3) is 0 Å². The molecule has 0 aromatic heterocycles. The molecule has 0 aromatic rings. The van der Waals surface area contributed by atoms with Gasteiger partial charge in [0.05, 0.1) is 0 Å². The number of methoxy groups -OCH3 is 1. The topological polar surface area (TPSA) is 9.23 Å². The molecule has 0 aliphatic heterocycles. The first-order valence-corrected chi connectivity index (χ1v) is 7.30. The highest BCUT2D eigenvalue weighted by molar-refractivity contribution is 6.87. The van der Waals surface area contributed by atoms with Crippen LogP contribution in [-0.2, 0) is 4.74 Å². The minimum Gasteiger partial charge on any atom is -0.372 e. The first-order chi connectivity index (χ1) is 5.31. The molecule has 70 valence electrons. The van der Waals surface area contributed by atoms with Crippen molar-refractivity contribution in [3.05, 3.63) is 0 Å². The Morgan fingerprint density at radius 3 is 2.08 bits per heavy atom. The molecular weight excluding hydrogens is 164 g/mol. The van der Waals surface area contributed by atoms with E-state index in [2.05, 4.69) is 45.3 Å². The number of hydrogen-bond donors (Lipinski definition) is 0. The van der Waals surface area contributed by atoms with Crippen LogP contribution in [0.4, 0.5) is 0 Å². The molecule has 0 aliphatic carbocycles. The lowest BCUT2D eigenvalue weighted by atomic mass is 10.2. The molecule has 12 heavy (non-hydrogen) atoms. The maximum absolute atomic E-state index is 4.90. The van der Waals surface area contributed by atoms with Crippen molar-refractivity contribution in [2.75, 3.05) is 13.7 Å². The Bertz CT molecular complexity index is 190. The van der Waals surface area contributed by atoms with Crippen molar-refractivity contribution in [2.45, 2.75) is 38.9 Å². The van der Waals surface area contributed by atoms with Crippen LogP contribution < -0.4 is 0 Å². The molecule has 0 saturated heterocycles. The predicted octanol–water partition coefficient (Wildman–Crippen LogP) is 2.68. The molecular formula is C10H20OSi. The first kappa shape index (κ1) is 11.7. The van der Waals surface area contributed by atoms with E-state index in [-0.39, 0.29) is 0 Å². The van der Waals surface area contributed by atoms with E-state index in [1.165, 1.54) is 0 Å². The number of ether oxygens (including phenoxy) is 1. The highest BCUT2D eigenvalue weighted by Gasteiger charge is 2.33. The first-order valence-electron chi connectivity index (χ1n) is 4.30. The van der Waals surface area contributed by atoms with Gasteiger partial charge < -0.3 is 4.74 Å². The molecule has 0 amide bonds. The van der Waals surface area contributed by atoms with Crippen molar-refractivity contribution in [1.29, 1.82) is 0 Å². The Labute approximate surface area is 77.5 Å². The van der Waals surface area contributed by atoms with Crippen LogP contribution in [0.3, 0.4) is 0 Å². The summed E-state index contributed by atoms with van der Waals surface area (Å²) in [4.78, 5) is 0. The normalized spacial score (nSPS) is 12.2. The number of hydrogen-bond acceptors (Lipinski definition) is 1. The van der Waals surface area contributed by atoms with Gasteiger partial charge in [-0.3, -0.25) is 0 Å². The average Bonchev–Trinajstić information content (AvgIpc) is 1.85. The highest BCUT2D eigenvalue weighted by Crippen LogP contribution is 2.34. The standard InChI is InChI=1S/C10H20OSi/c1-10(2,3)12(5,6)9-7-8-11-4/h8H2,1-6H3. The van der Waals surface area contributed by atoms with Gasteiger partial charge >= 0.3 is 0 Å². The van der Waals surface area contributed by atoms with E-state index in [4.69, 9.17) is 4.74 Å². The summed E-state index contributed by atoms with van der Waals surface area (Å²) in [7, 11) is 0.298. The van der Waals surface area contributed by atoms with Gasteiger partial charge in [-0.1, -0.05) is 39.8 Å². The molecule has 0 rings (SSSR count). The maximum atomic E-state index is 4.90.